The number of pyridine rings is 1. The molecule has 0 radical (unpaired) electrons. The standard InChI is InChI=1S/C16H15N3O/c17-9-10-18-16(20)15-11-5-1-3-7-13(11)19-14-8-4-2-6-12(14)15/h1-8H,9-10,17H2,(H,18,20). The number of nitrogens with two attached hydrogens (primary N) is 1. The second kappa shape index (κ2) is 5.27. The van der Waals surface area contributed by atoms with Gasteiger partial charge < -0.3 is 11.1 Å². The van der Waals surface area contributed by atoms with Crippen molar-refractivity contribution in [2.24, 2.45) is 5.73 Å². The minimum absolute atomic E-state index is 0.106. The number of carbonyl (C=O) groups excluding carboxylic acids is 1. The van der Waals surface area contributed by atoms with Gasteiger partial charge in [0, 0.05) is 23.9 Å². The highest BCUT2D eigenvalue weighted by molar-refractivity contribution is 6.16. The predicted octanol–water partition coefficient (Wildman–Crippen LogP) is 2.08. The molecule has 0 unspecified atom stereocenters. The molecule has 0 saturated heterocycles. The number of hydrogen-bond acceptors (Lipinski definition) is 3. The predicted molar refractivity (Wildman–Crippen MR) is 80.6 cm³/mol. The first-order valence-corrected chi connectivity index (χ1v) is 6.57. The van der Waals surface area contributed by atoms with Gasteiger partial charge in [0.05, 0.1) is 16.6 Å². The largest absolute Gasteiger partial charge is 0.351 e. The van der Waals surface area contributed by atoms with E-state index in [2.05, 4.69) is 10.3 Å². The third-order valence-corrected chi connectivity index (χ3v) is 3.24. The van der Waals surface area contributed by atoms with Crippen LogP contribution in [0.15, 0.2) is 48.5 Å². The molecule has 3 N–H and O–H groups in total. The van der Waals surface area contributed by atoms with E-state index in [0.717, 1.165) is 21.8 Å². The molecule has 0 fully saturated rings. The second-order valence-corrected chi connectivity index (χ2v) is 4.57. The van der Waals surface area contributed by atoms with Crippen molar-refractivity contribution in [1.29, 1.82) is 0 Å². The number of aromatic nitrogens is 1. The Kier molecular flexibility index (Phi) is 3.31. The van der Waals surface area contributed by atoms with E-state index in [4.69, 9.17) is 5.73 Å². The first kappa shape index (κ1) is 12.6. The van der Waals surface area contributed by atoms with Gasteiger partial charge in [-0.15, -0.1) is 0 Å². The number of amides is 1. The molecule has 1 heterocycles. The van der Waals surface area contributed by atoms with Gasteiger partial charge in [-0.05, 0) is 12.1 Å². The van der Waals surface area contributed by atoms with Crippen LogP contribution in [-0.4, -0.2) is 24.0 Å². The molecule has 0 spiro atoms. The number of benzene rings is 2. The van der Waals surface area contributed by atoms with E-state index >= 15 is 0 Å². The Bertz CT molecular complexity index is 729. The molecule has 3 rings (SSSR count). The van der Waals surface area contributed by atoms with Crippen molar-refractivity contribution in [3.8, 4) is 0 Å². The van der Waals surface area contributed by atoms with E-state index < -0.39 is 0 Å². The summed E-state index contributed by atoms with van der Waals surface area (Å²) < 4.78 is 0. The highest BCUT2D eigenvalue weighted by Crippen LogP contribution is 2.25. The Labute approximate surface area is 116 Å². The molecule has 20 heavy (non-hydrogen) atoms. The topological polar surface area (TPSA) is 68.0 Å². The van der Waals surface area contributed by atoms with Gasteiger partial charge in [-0.1, -0.05) is 36.4 Å². The number of para-hydroxylation sites is 2. The summed E-state index contributed by atoms with van der Waals surface area (Å²) in [5, 5.41) is 4.56. The summed E-state index contributed by atoms with van der Waals surface area (Å²) in [6, 6.07) is 15.4. The summed E-state index contributed by atoms with van der Waals surface area (Å²) in [5.41, 5.74) is 7.77. The number of rotatable bonds is 3. The number of nitrogens with zero attached hydrogens (tertiary/aromatic N) is 1. The van der Waals surface area contributed by atoms with E-state index in [-0.39, 0.29) is 5.91 Å². The summed E-state index contributed by atoms with van der Waals surface area (Å²) in [6.45, 7) is 0.885. The zero-order valence-corrected chi connectivity index (χ0v) is 11.0. The molecule has 0 saturated carbocycles. The second-order valence-electron chi connectivity index (χ2n) is 4.57. The minimum Gasteiger partial charge on any atom is -0.351 e. The van der Waals surface area contributed by atoms with Crippen LogP contribution < -0.4 is 11.1 Å². The smallest absolute Gasteiger partial charge is 0.252 e. The Balaban J connectivity index is 2.30. The molecule has 0 bridgehead atoms. The SMILES string of the molecule is NCCNC(=O)c1c2ccccc2nc2ccccc12. The van der Waals surface area contributed by atoms with Gasteiger partial charge in [-0.3, -0.25) is 4.79 Å². The van der Waals surface area contributed by atoms with Crippen LogP contribution in [0.4, 0.5) is 0 Å². The highest BCUT2D eigenvalue weighted by Gasteiger charge is 2.14. The molecular weight excluding hydrogens is 250 g/mol. The normalized spacial score (nSPS) is 10.8. The molecule has 0 aliphatic rings. The van der Waals surface area contributed by atoms with Crippen molar-refractivity contribution in [3.05, 3.63) is 54.1 Å². The van der Waals surface area contributed by atoms with Crippen molar-refractivity contribution in [2.75, 3.05) is 13.1 Å². The van der Waals surface area contributed by atoms with Crippen molar-refractivity contribution in [3.63, 3.8) is 0 Å². The molecule has 0 aliphatic heterocycles. The average molecular weight is 265 g/mol. The van der Waals surface area contributed by atoms with Crippen LogP contribution in [0, 0.1) is 0 Å². The van der Waals surface area contributed by atoms with E-state index in [0.29, 0.717) is 18.7 Å². The fourth-order valence-electron chi connectivity index (χ4n) is 2.36. The third kappa shape index (κ3) is 2.10. The first-order chi connectivity index (χ1) is 9.81. The summed E-state index contributed by atoms with van der Waals surface area (Å²) in [7, 11) is 0. The fraction of sp³-hybridized carbons (Fsp3) is 0.125. The van der Waals surface area contributed by atoms with Gasteiger partial charge in [-0.2, -0.15) is 0 Å². The molecule has 3 aromatic rings. The highest BCUT2D eigenvalue weighted by atomic mass is 16.1. The lowest BCUT2D eigenvalue weighted by Gasteiger charge is -2.10. The number of carbonyl (C=O) groups is 1. The zero-order valence-electron chi connectivity index (χ0n) is 11.0. The maximum atomic E-state index is 12.4. The maximum Gasteiger partial charge on any atom is 0.252 e. The Morgan fingerprint density at radius 2 is 1.55 bits per heavy atom. The van der Waals surface area contributed by atoms with Gasteiger partial charge in [-0.25, -0.2) is 4.98 Å². The maximum absolute atomic E-state index is 12.4. The van der Waals surface area contributed by atoms with Gasteiger partial charge in [0.2, 0.25) is 0 Å². The number of nitrogens with one attached hydrogen (secondary N) is 1. The summed E-state index contributed by atoms with van der Waals surface area (Å²) >= 11 is 0. The van der Waals surface area contributed by atoms with Gasteiger partial charge in [0.25, 0.3) is 5.91 Å². The van der Waals surface area contributed by atoms with Crippen LogP contribution in [0.2, 0.25) is 0 Å². The van der Waals surface area contributed by atoms with Crippen LogP contribution in [0.1, 0.15) is 10.4 Å². The van der Waals surface area contributed by atoms with Crippen LogP contribution in [0.3, 0.4) is 0 Å². The van der Waals surface area contributed by atoms with Crippen molar-refractivity contribution < 1.29 is 4.79 Å². The lowest BCUT2D eigenvalue weighted by Crippen LogP contribution is -2.29. The van der Waals surface area contributed by atoms with E-state index in [1.54, 1.807) is 0 Å². The van der Waals surface area contributed by atoms with Crippen LogP contribution in [0.5, 0.6) is 0 Å². The number of hydrogen-bond donors (Lipinski definition) is 2. The molecule has 4 nitrogen and oxygen atoms in total. The van der Waals surface area contributed by atoms with E-state index in [1.807, 2.05) is 48.5 Å². The molecule has 0 aliphatic carbocycles. The van der Waals surface area contributed by atoms with Crippen LogP contribution in [0.25, 0.3) is 21.8 Å². The lowest BCUT2D eigenvalue weighted by molar-refractivity contribution is 0.0958. The summed E-state index contributed by atoms with van der Waals surface area (Å²) in [6.07, 6.45) is 0. The molecule has 100 valence electrons. The van der Waals surface area contributed by atoms with Crippen molar-refractivity contribution in [1.82, 2.24) is 10.3 Å². The van der Waals surface area contributed by atoms with Crippen LogP contribution >= 0.6 is 0 Å². The average Bonchev–Trinajstić information content (AvgIpc) is 2.50. The molecular formula is C16H15N3O. The quantitative estimate of drug-likeness (QED) is 0.712. The third-order valence-electron chi connectivity index (χ3n) is 3.24. The summed E-state index contributed by atoms with van der Waals surface area (Å²) in [4.78, 5) is 17.0. The Morgan fingerprint density at radius 3 is 2.10 bits per heavy atom. The fourth-order valence-corrected chi connectivity index (χ4v) is 2.36. The monoisotopic (exact) mass is 265 g/mol. The molecule has 2 aromatic carbocycles. The van der Waals surface area contributed by atoms with Gasteiger partial charge in [0.1, 0.15) is 0 Å². The molecule has 4 heteroatoms. The van der Waals surface area contributed by atoms with E-state index in [9.17, 15) is 4.79 Å². The van der Waals surface area contributed by atoms with Crippen molar-refractivity contribution in [2.45, 2.75) is 0 Å². The zero-order chi connectivity index (χ0) is 13.9. The molecule has 1 amide bonds. The van der Waals surface area contributed by atoms with Gasteiger partial charge >= 0.3 is 0 Å². The van der Waals surface area contributed by atoms with Gasteiger partial charge in [0.15, 0.2) is 0 Å². The minimum atomic E-state index is -0.106. The van der Waals surface area contributed by atoms with E-state index in [1.165, 1.54) is 0 Å². The number of fused-ring (bicyclic) bond motifs is 2. The molecule has 0 atom stereocenters. The Morgan fingerprint density at radius 1 is 1.00 bits per heavy atom. The Hall–Kier alpha value is -2.46. The van der Waals surface area contributed by atoms with Crippen LogP contribution in [-0.2, 0) is 0 Å². The first-order valence-electron chi connectivity index (χ1n) is 6.57. The summed E-state index contributed by atoms with van der Waals surface area (Å²) in [5.74, 6) is -0.106. The lowest BCUT2D eigenvalue weighted by atomic mass is 10.0. The van der Waals surface area contributed by atoms with Crippen molar-refractivity contribution >= 4 is 27.7 Å². The molecule has 1 aromatic heterocycles.